The second-order valence-electron chi connectivity index (χ2n) is 6.36. The zero-order chi connectivity index (χ0) is 16.2. The summed E-state index contributed by atoms with van der Waals surface area (Å²) in [6.45, 7) is 4.09. The van der Waals surface area contributed by atoms with Crippen molar-refractivity contribution in [3.63, 3.8) is 0 Å². The van der Waals surface area contributed by atoms with Crippen molar-refractivity contribution in [2.45, 2.75) is 63.8 Å². The average Bonchev–Trinajstić information content (AvgIpc) is 2.95. The van der Waals surface area contributed by atoms with Crippen LogP contribution in [-0.2, 0) is 9.59 Å². The molecule has 22 heavy (non-hydrogen) atoms. The van der Waals surface area contributed by atoms with Crippen LogP contribution in [-0.4, -0.2) is 22.5 Å². The zero-order valence-corrected chi connectivity index (χ0v) is 13.4. The second kappa shape index (κ2) is 6.95. The van der Waals surface area contributed by atoms with Crippen LogP contribution in [0.2, 0.25) is 0 Å². The predicted octanol–water partition coefficient (Wildman–Crippen LogP) is 3.39. The van der Waals surface area contributed by atoms with E-state index in [9.17, 15) is 14.7 Å². The lowest BCUT2D eigenvalue weighted by atomic mass is 9.91. The second-order valence-corrected chi connectivity index (χ2v) is 6.36. The summed E-state index contributed by atoms with van der Waals surface area (Å²) in [6, 6.07) is 8.20. The Labute approximate surface area is 131 Å². The third-order valence-corrected chi connectivity index (χ3v) is 4.72. The molecule has 0 radical (unpaired) electrons. The lowest BCUT2D eigenvalue weighted by Gasteiger charge is -2.26. The largest absolute Gasteiger partial charge is 0.480 e. The molecule has 0 saturated heterocycles. The van der Waals surface area contributed by atoms with E-state index in [0.29, 0.717) is 19.3 Å². The number of hydrogen-bond acceptors (Lipinski definition) is 2. The molecule has 2 N–H and O–H groups in total. The standard InChI is InChI=1S/C18H25NO3/c1-3-14(15-8-6-13(2)7-9-15)12-16(20)19-18(17(21)22)10-4-5-11-18/h6-9,14H,3-5,10-12H2,1-2H3,(H,19,20)(H,21,22). The molecule has 120 valence electrons. The number of benzene rings is 1. The molecule has 1 fully saturated rings. The number of carboxylic acids is 1. The van der Waals surface area contributed by atoms with Crippen molar-refractivity contribution in [3.8, 4) is 0 Å². The van der Waals surface area contributed by atoms with Crippen molar-refractivity contribution in [2.24, 2.45) is 0 Å². The minimum Gasteiger partial charge on any atom is -0.480 e. The van der Waals surface area contributed by atoms with Crippen LogP contribution >= 0.6 is 0 Å². The predicted molar refractivity (Wildman–Crippen MR) is 85.8 cm³/mol. The summed E-state index contributed by atoms with van der Waals surface area (Å²) in [5.41, 5.74) is 1.29. The molecule has 4 nitrogen and oxygen atoms in total. The molecule has 0 spiro atoms. The van der Waals surface area contributed by atoms with Crippen LogP contribution in [0.15, 0.2) is 24.3 Å². The van der Waals surface area contributed by atoms with Gasteiger partial charge in [-0.2, -0.15) is 0 Å². The van der Waals surface area contributed by atoms with E-state index < -0.39 is 11.5 Å². The molecule has 4 heteroatoms. The van der Waals surface area contributed by atoms with Crippen LogP contribution in [0.3, 0.4) is 0 Å². The summed E-state index contributed by atoms with van der Waals surface area (Å²) in [7, 11) is 0. The van der Waals surface area contributed by atoms with E-state index in [0.717, 1.165) is 24.8 Å². The number of rotatable bonds is 6. The van der Waals surface area contributed by atoms with Crippen molar-refractivity contribution < 1.29 is 14.7 Å². The molecule has 0 aliphatic heterocycles. The lowest BCUT2D eigenvalue weighted by Crippen LogP contribution is -2.52. The highest BCUT2D eigenvalue weighted by Gasteiger charge is 2.42. The summed E-state index contributed by atoms with van der Waals surface area (Å²) >= 11 is 0. The maximum absolute atomic E-state index is 12.3. The summed E-state index contributed by atoms with van der Waals surface area (Å²) < 4.78 is 0. The van der Waals surface area contributed by atoms with Crippen molar-refractivity contribution in [1.82, 2.24) is 5.32 Å². The molecule has 1 amide bonds. The van der Waals surface area contributed by atoms with Gasteiger partial charge in [0, 0.05) is 6.42 Å². The van der Waals surface area contributed by atoms with E-state index in [1.165, 1.54) is 5.56 Å². The monoisotopic (exact) mass is 303 g/mol. The fraction of sp³-hybridized carbons (Fsp3) is 0.556. The minimum absolute atomic E-state index is 0.132. The van der Waals surface area contributed by atoms with E-state index in [1.54, 1.807) is 0 Å². The van der Waals surface area contributed by atoms with Gasteiger partial charge in [0.2, 0.25) is 5.91 Å². The van der Waals surface area contributed by atoms with Crippen molar-refractivity contribution in [3.05, 3.63) is 35.4 Å². The highest BCUT2D eigenvalue weighted by Crippen LogP contribution is 2.31. The van der Waals surface area contributed by atoms with Gasteiger partial charge in [0.15, 0.2) is 0 Å². The van der Waals surface area contributed by atoms with Gasteiger partial charge in [-0.1, -0.05) is 49.6 Å². The van der Waals surface area contributed by atoms with Crippen LogP contribution in [0.1, 0.15) is 62.5 Å². The maximum atomic E-state index is 12.3. The van der Waals surface area contributed by atoms with E-state index in [4.69, 9.17) is 0 Å². The summed E-state index contributed by atoms with van der Waals surface area (Å²) in [6.07, 6.45) is 4.00. The van der Waals surface area contributed by atoms with E-state index in [1.807, 2.05) is 19.1 Å². The molecule has 1 aromatic rings. The number of carbonyl (C=O) groups excluding carboxylic acids is 1. The van der Waals surface area contributed by atoms with Gasteiger partial charge in [-0.3, -0.25) is 4.79 Å². The first kappa shape index (κ1) is 16.5. The van der Waals surface area contributed by atoms with Gasteiger partial charge in [0.1, 0.15) is 5.54 Å². The Bertz CT molecular complexity index is 530. The van der Waals surface area contributed by atoms with E-state index in [-0.39, 0.29) is 11.8 Å². The molecule has 1 saturated carbocycles. The van der Waals surface area contributed by atoms with Gasteiger partial charge in [-0.25, -0.2) is 4.79 Å². The van der Waals surface area contributed by atoms with Gasteiger partial charge in [0.05, 0.1) is 0 Å². The Morgan fingerprint density at radius 1 is 1.23 bits per heavy atom. The molecule has 0 heterocycles. The normalized spacial score (nSPS) is 17.9. The highest BCUT2D eigenvalue weighted by molar-refractivity contribution is 5.87. The number of hydrogen-bond donors (Lipinski definition) is 2. The van der Waals surface area contributed by atoms with Crippen molar-refractivity contribution >= 4 is 11.9 Å². The Kier molecular flexibility index (Phi) is 5.22. The number of carboxylic acid groups (broad SMARTS) is 1. The summed E-state index contributed by atoms with van der Waals surface area (Å²) in [5, 5.41) is 12.2. The molecule has 1 aliphatic carbocycles. The summed E-state index contributed by atoms with van der Waals surface area (Å²) in [5.74, 6) is -0.925. The third kappa shape index (κ3) is 3.67. The van der Waals surface area contributed by atoms with E-state index >= 15 is 0 Å². The lowest BCUT2D eigenvalue weighted by molar-refractivity contribution is -0.147. The number of aliphatic carboxylic acids is 1. The average molecular weight is 303 g/mol. The number of carbonyl (C=O) groups is 2. The maximum Gasteiger partial charge on any atom is 0.329 e. The molecule has 1 aromatic carbocycles. The minimum atomic E-state index is -1.04. The van der Waals surface area contributed by atoms with Crippen molar-refractivity contribution in [2.75, 3.05) is 0 Å². The smallest absolute Gasteiger partial charge is 0.329 e. The Morgan fingerprint density at radius 3 is 2.32 bits per heavy atom. The molecule has 0 bridgehead atoms. The molecular weight excluding hydrogens is 278 g/mol. The molecule has 1 unspecified atom stereocenters. The number of aryl methyl sites for hydroxylation is 1. The zero-order valence-electron chi connectivity index (χ0n) is 13.4. The topological polar surface area (TPSA) is 66.4 Å². The van der Waals surface area contributed by atoms with Gasteiger partial charge >= 0.3 is 5.97 Å². The van der Waals surface area contributed by atoms with Crippen molar-refractivity contribution in [1.29, 1.82) is 0 Å². The first-order valence-electron chi connectivity index (χ1n) is 8.08. The van der Waals surface area contributed by atoms with Crippen LogP contribution in [0.25, 0.3) is 0 Å². The Morgan fingerprint density at radius 2 is 1.82 bits per heavy atom. The number of nitrogens with one attached hydrogen (secondary N) is 1. The quantitative estimate of drug-likeness (QED) is 0.846. The van der Waals surface area contributed by atoms with Crippen LogP contribution in [0.4, 0.5) is 0 Å². The van der Waals surface area contributed by atoms with Gasteiger partial charge < -0.3 is 10.4 Å². The van der Waals surface area contributed by atoms with Crippen LogP contribution < -0.4 is 5.32 Å². The first-order valence-corrected chi connectivity index (χ1v) is 8.08. The molecule has 1 aliphatic rings. The molecular formula is C18H25NO3. The van der Waals surface area contributed by atoms with Gasteiger partial charge in [0.25, 0.3) is 0 Å². The fourth-order valence-electron chi connectivity index (χ4n) is 3.25. The SMILES string of the molecule is CCC(CC(=O)NC1(C(=O)O)CCCC1)c1ccc(C)cc1. The van der Waals surface area contributed by atoms with E-state index in [2.05, 4.69) is 24.4 Å². The molecule has 1 atom stereocenters. The Balaban J connectivity index is 2.03. The molecule has 2 rings (SSSR count). The highest BCUT2D eigenvalue weighted by atomic mass is 16.4. The number of amides is 1. The van der Waals surface area contributed by atoms with Crippen LogP contribution in [0.5, 0.6) is 0 Å². The third-order valence-electron chi connectivity index (χ3n) is 4.72. The van der Waals surface area contributed by atoms with Gasteiger partial charge in [-0.15, -0.1) is 0 Å². The fourth-order valence-corrected chi connectivity index (χ4v) is 3.25. The Hall–Kier alpha value is -1.84. The first-order chi connectivity index (χ1) is 10.5. The van der Waals surface area contributed by atoms with Gasteiger partial charge in [-0.05, 0) is 37.7 Å². The van der Waals surface area contributed by atoms with Crippen LogP contribution in [0, 0.1) is 6.92 Å². The summed E-state index contributed by atoms with van der Waals surface area (Å²) in [4.78, 5) is 23.9. The molecule has 0 aromatic heterocycles.